The van der Waals surface area contributed by atoms with Crippen LogP contribution in [-0.2, 0) is 38.4 Å². The number of amides is 6. The van der Waals surface area contributed by atoms with E-state index in [1.807, 2.05) is 105 Å². The molecule has 80 heavy (non-hydrogen) atoms. The molecule has 3 aromatic rings. The second kappa shape index (κ2) is 30.5. The first kappa shape index (κ1) is 61.3. The van der Waals surface area contributed by atoms with E-state index in [1.54, 1.807) is 23.9 Å². The third kappa shape index (κ3) is 15.6. The second-order valence-corrected chi connectivity index (χ2v) is 22.6. The van der Waals surface area contributed by atoms with Gasteiger partial charge in [-0.25, -0.2) is 0 Å². The van der Waals surface area contributed by atoms with Gasteiger partial charge in [0.05, 0.1) is 18.1 Å². The largest absolute Gasteiger partial charge is 0.396 e. The van der Waals surface area contributed by atoms with Gasteiger partial charge in [0.15, 0.2) is 11.6 Å². The fourth-order valence-corrected chi connectivity index (χ4v) is 12.9. The van der Waals surface area contributed by atoms with Gasteiger partial charge in [-0.15, -0.1) is 0 Å². The monoisotopic (exact) mass is 1100 g/mol. The zero-order chi connectivity index (χ0) is 57.1. The van der Waals surface area contributed by atoms with Gasteiger partial charge < -0.3 is 46.8 Å². The summed E-state index contributed by atoms with van der Waals surface area (Å²) in [5, 5.41) is 28.3. The number of unbranched alkanes of at least 4 members (excludes halogenated alkanes) is 5. The summed E-state index contributed by atoms with van der Waals surface area (Å²) in [6, 6.07) is 23.5. The van der Waals surface area contributed by atoms with E-state index >= 15 is 0 Å². The van der Waals surface area contributed by atoms with E-state index in [0.29, 0.717) is 89.0 Å². The molecule has 6 amide bonds. The maximum atomic E-state index is 14.8. The van der Waals surface area contributed by atoms with Gasteiger partial charge in [-0.3, -0.25) is 38.4 Å². The third-order valence-electron chi connectivity index (χ3n) is 17.6. The maximum absolute atomic E-state index is 14.8. The van der Waals surface area contributed by atoms with Gasteiger partial charge in [-0.2, -0.15) is 0 Å². The zero-order valence-electron chi connectivity index (χ0n) is 47.5. The summed E-state index contributed by atoms with van der Waals surface area (Å²) in [6.07, 6.45) is 11.1. The van der Waals surface area contributed by atoms with Crippen molar-refractivity contribution in [3.05, 3.63) is 108 Å². The molecule has 11 atom stereocenters. The molecule has 0 spiro atoms. The van der Waals surface area contributed by atoms with Crippen molar-refractivity contribution < 1.29 is 43.5 Å². The van der Waals surface area contributed by atoms with Crippen LogP contribution in [0, 0.1) is 11.8 Å². The van der Waals surface area contributed by atoms with Crippen molar-refractivity contribution >= 4 is 47.0 Å². The Morgan fingerprint density at radius 2 is 1.01 bits per heavy atom. The minimum absolute atomic E-state index is 0.00290. The van der Waals surface area contributed by atoms with Gasteiger partial charge in [0.1, 0.15) is 24.2 Å². The molecular weight excluding hydrogens is 1010 g/mol. The van der Waals surface area contributed by atoms with E-state index in [2.05, 4.69) is 31.9 Å². The number of carbonyl (C=O) groups excluding carboxylic acids is 8. The van der Waals surface area contributed by atoms with E-state index < -0.39 is 54.1 Å². The summed E-state index contributed by atoms with van der Waals surface area (Å²) in [6.45, 7) is 3.70. The van der Waals surface area contributed by atoms with Crippen molar-refractivity contribution in [2.75, 3.05) is 27.2 Å². The minimum Gasteiger partial charge on any atom is -0.396 e. The number of benzene rings is 3. The molecule has 0 aliphatic carbocycles. The molecule has 0 saturated carbocycles. The van der Waals surface area contributed by atoms with Gasteiger partial charge in [-0.1, -0.05) is 131 Å². The fraction of sp³-hybridized carbons (Fsp3) is 0.587. The average Bonchev–Trinajstić information content (AvgIpc) is 4.07. The summed E-state index contributed by atoms with van der Waals surface area (Å²) in [7, 11) is 3.39. The highest BCUT2D eigenvalue weighted by atomic mass is 16.3. The van der Waals surface area contributed by atoms with E-state index in [9.17, 15) is 43.5 Å². The Morgan fingerprint density at radius 1 is 0.562 bits per heavy atom. The molecule has 1 unspecified atom stereocenters. The quantitative estimate of drug-likeness (QED) is 0.0402. The highest BCUT2D eigenvalue weighted by Gasteiger charge is 2.50. The number of ketones is 2. The molecule has 7 N–H and O–H groups in total. The SMILES string of the molecule is CC[C@H](NC)C(=O)N[C@@H]1C(=O)N2C(CC[C@@H]1CO)CC[C@H]2C(=O)N[C@H](C(=O)CCCCCCCCC(=O)NC[C@H]1CC[C@H]2CC[C@@H](C(=O)CC(c3ccccc3)c3ccccc3)N2C(=O)[C@H]1NC(=O)[C@H](CC)NC)c1ccccc1. The summed E-state index contributed by atoms with van der Waals surface area (Å²) < 4.78 is 0. The summed E-state index contributed by atoms with van der Waals surface area (Å²) in [5.74, 6) is -2.97. The Hall–Kier alpha value is -6.30. The molecule has 17 heteroatoms. The number of aliphatic hydroxyl groups excluding tert-OH is 1. The number of Topliss-reactive ketones (excluding diaryl/α,β-unsaturated/α-hetero) is 2. The first-order valence-electron chi connectivity index (χ1n) is 29.8. The molecule has 434 valence electrons. The van der Waals surface area contributed by atoms with Crippen LogP contribution in [0.25, 0.3) is 0 Å². The molecule has 0 aromatic heterocycles. The van der Waals surface area contributed by atoms with Crippen molar-refractivity contribution in [1.29, 1.82) is 0 Å². The standard InChI is InChI=1S/C63H88N8O9/c1-5-49(64-3)59(76)68-57-44(30-32-46-34-36-51(70(46)62(57)79)54(74)38-48(41-22-14-11-15-23-41)42-24-16-12-17-25-42)39-66-55(75)29-21-10-8-7-9-20-28-53(73)56(43-26-18-13-19-27-43)67-61(78)52-37-35-47-33-31-45(40-72)58(63(80)71(47)52)69-60(77)50(6-2)65-4/h11-19,22-27,44-52,56-58,64-65,72H,5-10,20-21,28-40H2,1-4H3,(H,66,75)(H,67,78)(H,68,76)(H,69,77)/t44-,45-,46+,47?,49+,50+,51+,52+,56+,57+,58+/m1/s1. The number of hydrogen-bond acceptors (Lipinski definition) is 11. The number of hydrogen-bond donors (Lipinski definition) is 7. The van der Waals surface area contributed by atoms with Crippen LogP contribution in [0.3, 0.4) is 0 Å². The molecule has 4 aliphatic rings. The lowest BCUT2D eigenvalue weighted by molar-refractivity contribution is -0.144. The molecule has 4 heterocycles. The van der Waals surface area contributed by atoms with Crippen molar-refractivity contribution in [2.45, 2.75) is 196 Å². The van der Waals surface area contributed by atoms with Gasteiger partial charge in [-0.05, 0) is 108 Å². The highest BCUT2D eigenvalue weighted by molar-refractivity contribution is 5.97. The average molecular weight is 1100 g/mol. The molecule has 0 radical (unpaired) electrons. The third-order valence-corrected chi connectivity index (χ3v) is 17.6. The van der Waals surface area contributed by atoms with E-state index in [0.717, 1.165) is 36.8 Å². The second-order valence-electron chi connectivity index (χ2n) is 22.6. The van der Waals surface area contributed by atoms with Crippen LogP contribution in [0.4, 0.5) is 0 Å². The van der Waals surface area contributed by atoms with Crippen molar-refractivity contribution in [3.63, 3.8) is 0 Å². The van der Waals surface area contributed by atoms with E-state index in [4.69, 9.17) is 0 Å². The van der Waals surface area contributed by atoms with Gasteiger partial charge >= 0.3 is 0 Å². The van der Waals surface area contributed by atoms with Crippen LogP contribution in [0.5, 0.6) is 0 Å². The zero-order valence-corrected chi connectivity index (χ0v) is 47.5. The van der Waals surface area contributed by atoms with Gasteiger partial charge in [0.2, 0.25) is 35.4 Å². The lowest BCUT2D eigenvalue weighted by atomic mass is 9.85. The number of carbonyl (C=O) groups is 8. The Balaban J connectivity index is 0.880. The van der Waals surface area contributed by atoms with Gasteiger partial charge in [0, 0.05) is 62.3 Å². The maximum Gasteiger partial charge on any atom is 0.246 e. The Kier molecular flexibility index (Phi) is 23.4. The van der Waals surface area contributed by atoms with Crippen molar-refractivity contribution in [3.8, 4) is 0 Å². The molecule has 4 saturated heterocycles. The van der Waals surface area contributed by atoms with Crippen LogP contribution in [-0.4, -0.2) is 137 Å². The summed E-state index contributed by atoms with van der Waals surface area (Å²) in [4.78, 5) is 115. The molecule has 3 aromatic carbocycles. The van der Waals surface area contributed by atoms with E-state index in [1.165, 1.54) is 0 Å². The Bertz CT molecular complexity index is 2490. The smallest absolute Gasteiger partial charge is 0.246 e. The number of nitrogens with zero attached hydrogens (tertiary/aromatic N) is 2. The topological polar surface area (TPSA) is 235 Å². The summed E-state index contributed by atoms with van der Waals surface area (Å²) in [5.41, 5.74) is 2.72. The lowest BCUT2D eigenvalue weighted by Gasteiger charge is -2.33. The van der Waals surface area contributed by atoms with Crippen LogP contribution < -0.4 is 31.9 Å². The number of fused-ring (bicyclic) bond motifs is 2. The Morgan fingerprint density at radius 3 is 1.52 bits per heavy atom. The number of likely N-dealkylation sites (N-methyl/N-ethyl adjacent to an activating group) is 2. The molecule has 7 rings (SSSR count). The van der Waals surface area contributed by atoms with Crippen LogP contribution in [0.1, 0.15) is 164 Å². The molecule has 4 aliphatic heterocycles. The van der Waals surface area contributed by atoms with Crippen LogP contribution in [0.15, 0.2) is 91.0 Å². The number of nitrogens with one attached hydrogen (secondary N) is 6. The van der Waals surface area contributed by atoms with E-state index in [-0.39, 0.29) is 91.0 Å². The summed E-state index contributed by atoms with van der Waals surface area (Å²) >= 11 is 0. The highest BCUT2D eigenvalue weighted by Crippen LogP contribution is 2.38. The predicted octanol–water partition coefficient (Wildman–Crippen LogP) is 5.94. The lowest BCUT2D eigenvalue weighted by Crippen LogP contribution is -2.58. The minimum atomic E-state index is -0.979. The first-order valence-corrected chi connectivity index (χ1v) is 29.8. The number of aliphatic hydroxyl groups is 1. The molecule has 17 nitrogen and oxygen atoms in total. The Labute approximate surface area is 473 Å². The van der Waals surface area contributed by atoms with Gasteiger partial charge in [0.25, 0.3) is 0 Å². The van der Waals surface area contributed by atoms with Crippen LogP contribution in [0.2, 0.25) is 0 Å². The normalized spacial score (nSPS) is 23.9. The molecular formula is C63H88N8O9. The predicted molar refractivity (Wildman–Crippen MR) is 307 cm³/mol. The number of rotatable bonds is 29. The van der Waals surface area contributed by atoms with Crippen molar-refractivity contribution in [2.24, 2.45) is 11.8 Å². The van der Waals surface area contributed by atoms with Crippen molar-refractivity contribution in [1.82, 2.24) is 41.7 Å². The fourth-order valence-electron chi connectivity index (χ4n) is 12.9. The van der Waals surface area contributed by atoms with Crippen LogP contribution >= 0.6 is 0 Å². The molecule has 4 fully saturated rings. The first-order chi connectivity index (χ1) is 38.8. The molecule has 0 bridgehead atoms.